The average molecular weight is 317 g/mol. The van der Waals surface area contributed by atoms with Crippen LogP contribution in [0.25, 0.3) is 0 Å². The molecule has 2 rings (SSSR count). The third-order valence-corrected chi connectivity index (χ3v) is 3.95. The Morgan fingerprint density at radius 1 is 1.40 bits per heavy atom. The molecule has 8 heteroatoms. The zero-order valence-corrected chi connectivity index (χ0v) is 12.5. The van der Waals surface area contributed by atoms with Gasteiger partial charge in [-0.15, -0.1) is 0 Å². The Labute approximate surface area is 121 Å². The van der Waals surface area contributed by atoms with E-state index < -0.39 is 9.05 Å². The highest BCUT2D eigenvalue weighted by atomic mass is 35.7. The van der Waals surface area contributed by atoms with Crippen LogP contribution < -0.4 is 4.74 Å². The maximum Gasteiger partial charge on any atom is 0.261 e. The van der Waals surface area contributed by atoms with Crippen LogP contribution in [0.2, 0.25) is 0 Å². The number of aromatic nitrogens is 2. The van der Waals surface area contributed by atoms with E-state index in [0.29, 0.717) is 29.4 Å². The topological polar surface area (TPSA) is 82.3 Å². The number of hydrogen-bond donors (Lipinski definition) is 0. The second kappa shape index (κ2) is 5.80. The lowest BCUT2D eigenvalue weighted by molar-refractivity contribution is 0.283. The highest BCUT2D eigenvalue weighted by Crippen LogP contribution is 2.24. The molecule has 0 saturated carbocycles. The minimum atomic E-state index is -3.73. The molecule has 20 heavy (non-hydrogen) atoms. The van der Waals surface area contributed by atoms with Crippen LogP contribution in [0.5, 0.6) is 5.75 Å². The van der Waals surface area contributed by atoms with Crippen LogP contribution in [0, 0.1) is 6.92 Å². The molecule has 1 aromatic carbocycles. The molecule has 1 heterocycles. The first kappa shape index (κ1) is 14.8. The van der Waals surface area contributed by atoms with E-state index in [4.69, 9.17) is 19.9 Å². The van der Waals surface area contributed by atoms with E-state index in [9.17, 15) is 8.42 Å². The largest absolute Gasteiger partial charge is 0.485 e. The van der Waals surface area contributed by atoms with E-state index >= 15 is 0 Å². The zero-order chi connectivity index (χ0) is 14.8. The van der Waals surface area contributed by atoms with Crippen molar-refractivity contribution in [3.63, 3.8) is 0 Å². The summed E-state index contributed by atoms with van der Waals surface area (Å²) in [6.07, 6.45) is 0.661. The van der Waals surface area contributed by atoms with E-state index in [1.54, 1.807) is 13.0 Å². The normalized spacial score (nSPS) is 11.6. The molecule has 0 saturated heterocycles. The number of rotatable bonds is 5. The van der Waals surface area contributed by atoms with Crippen LogP contribution in [-0.4, -0.2) is 18.6 Å². The first-order valence-corrected chi connectivity index (χ1v) is 8.20. The van der Waals surface area contributed by atoms with Gasteiger partial charge in [0.25, 0.3) is 9.05 Å². The Balaban J connectivity index is 2.10. The predicted octanol–water partition coefficient (Wildman–Crippen LogP) is 2.45. The van der Waals surface area contributed by atoms with E-state index in [1.165, 1.54) is 12.1 Å². The lowest BCUT2D eigenvalue weighted by Crippen LogP contribution is -2.00. The van der Waals surface area contributed by atoms with E-state index in [1.807, 2.05) is 6.92 Å². The first-order chi connectivity index (χ1) is 9.40. The highest BCUT2D eigenvalue weighted by Gasteiger charge is 2.12. The van der Waals surface area contributed by atoms with Gasteiger partial charge in [-0.1, -0.05) is 12.1 Å². The molecule has 2 aromatic rings. The summed E-state index contributed by atoms with van der Waals surface area (Å²) in [5, 5.41) is 3.76. The standard InChI is InChI=1S/C12H13ClN2O4S/c1-3-12-14-11(15-19-12)7-18-10-5-4-9(6-8(10)2)20(13,16)17/h4-6H,3,7H2,1-2H3. The second-order valence-electron chi connectivity index (χ2n) is 4.11. The van der Waals surface area contributed by atoms with Gasteiger partial charge in [0.1, 0.15) is 5.75 Å². The molecule has 0 bridgehead atoms. The van der Waals surface area contributed by atoms with Crippen LogP contribution in [0.3, 0.4) is 0 Å². The maximum absolute atomic E-state index is 11.2. The Morgan fingerprint density at radius 3 is 2.70 bits per heavy atom. The minimum Gasteiger partial charge on any atom is -0.485 e. The molecule has 0 aliphatic heterocycles. The fourth-order valence-electron chi connectivity index (χ4n) is 1.57. The third-order valence-electron chi connectivity index (χ3n) is 2.60. The summed E-state index contributed by atoms with van der Waals surface area (Å²) in [5.74, 6) is 1.52. The van der Waals surface area contributed by atoms with Crippen LogP contribution in [0.4, 0.5) is 0 Å². The number of ether oxygens (including phenoxy) is 1. The summed E-state index contributed by atoms with van der Waals surface area (Å²) >= 11 is 0. The quantitative estimate of drug-likeness (QED) is 0.788. The van der Waals surface area contributed by atoms with Crippen LogP contribution in [0.1, 0.15) is 24.2 Å². The third kappa shape index (κ3) is 3.49. The SMILES string of the molecule is CCc1nc(COc2ccc(S(=O)(=O)Cl)cc2C)no1. The molecule has 0 spiro atoms. The molecule has 6 nitrogen and oxygen atoms in total. The first-order valence-electron chi connectivity index (χ1n) is 5.89. The molecule has 1 aromatic heterocycles. The van der Waals surface area contributed by atoms with Crippen molar-refractivity contribution in [2.75, 3.05) is 0 Å². The van der Waals surface area contributed by atoms with Crippen LogP contribution >= 0.6 is 10.7 Å². The van der Waals surface area contributed by atoms with Crippen molar-refractivity contribution in [3.8, 4) is 5.75 Å². The zero-order valence-electron chi connectivity index (χ0n) is 11.0. The molecule has 0 aliphatic rings. The number of nitrogens with zero attached hydrogens (tertiary/aromatic N) is 2. The van der Waals surface area contributed by atoms with Crippen molar-refractivity contribution in [3.05, 3.63) is 35.5 Å². The number of halogens is 1. The van der Waals surface area contributed by atoms with Gasteiger partial charge in [0.05, 0.1) is 4.90 Å². The summed E-state index contributed by atoms with van der Waals surface area (Å²) in [5.41, 5.74) is 0.658. The molecular formula is C12H13ClN2O4S. The fraction of sp³-hybridized carbons (Fsp3) is 0.333. The molecule has 0 amide bonds. The Kier molecular flexibility index (Phi) is 4.29. The predicted molar refractivity (Wildman–Crippen MR) is 72.2 cm³/mol. The smallest absolute Gasteiger partial charge is 0.261 e. The van der Waals surface area contributed by atoms with Crippen molar-refractivity contribution in [2.24, 2.45) is 0 Å². The van der Waals surface area contributed by atoms with Crippen molar-refractivity contribution in [1.82, 2.24) is 10.1 Å². The van der Waals surface area contributed by atoms with E-state index in [2.05, 4.69) is 10.1 Å². The molecule has 0 radical (unpaired) electrons. The number of benzene rings is 1. The molecular weight excluding hydrogens is 304 g/mol. The van der Waals surface area contributed by atoms with E-state index in [-0.39, 0.29) is 11.5 Å². The van der Waals surface area contributed by atoms with Gasteiger partial charge in [-0.05, 0) is 30.7 Å². The Morgan fingerprint density at radius 2 is 2.15 bits per heavy atom. The lowest BCUT2D eigenvalue weighted by Gasteiger charge is -2.07. The summed E-state index contributed by atoms with van der Waals surface area (Å²) < 4.78 is 32.9. The van der Waals surface area contributed by atoms with Crippen molar-refractivity contribution >= 4 is 19.7 Å². The Bertz CT molecular complexity index is 712. The van der Waals surface area contributed by atoms with Gasteiger partial charge in [-0.2, -0.15) is 4.98 Å². The van der Waals surface area contributed by atoms with Crippen molar-refractivity contribution < 1.29 is 17.7 Å². The van der Waals surface area contributed by atoms with Gasteiger partial charge in [0.2, 0.25) is 11.7 Å². The maximum atomic E-state index is 11.2. The number of hydrogen-bond acceptors (Lipinski definition) is 6. The summed E-state index contributed by atoms with van der Waals surface area (Å²) in [7, 11) is 1.54. The molecule has 0 aliphatic carbocycles. The molecule has 108 valence electrons. The lowest BCUT2D eigenvalue weighted by atomic mass is 10.2. The van der Waals surface area contributed by atoms with Gasteiger partial charge in [0, 0.05) is 17.1 Å². The molecule has 0 fully saturated rings. The van der Waals surface area contributed by atoms with Crippen molar-refractivity contribution in [2.45, 2.75) is 31.8 Å². The Hall–Kier alpha value is -1.60. The van der Waals surface area contributed by atoms with Gasteiger partial charge in [-0.25, -0.2) is 8.42 Å². The number of aryl methyl sites for hydroxylation is 2. The minimum absolute atomic E-state index is 0.0387. The second-order valence-corrected chi connectivity index (χ2v) is 6.68. The fourth-order valence-corrected chi connectivity index (χ4v) is 2.41. The average Bonchev–Trinajstić information content (AvgIpc) is 2.84. The van der Waals surface area contributed by atoms with Gasteiger partial charge in [0.15, 0.2) is 6.61 Å². The van der Waals surface area contributed by atoms with Crippen LogP contribution in [0.15, 0.2) is 27.6 Å². The monoisotopic (exact) mass is 316 g/mol. The summed E-state index contributed by atoms with van der Waals surface area (Å²) in [4.78, 5) is 4.15. The van der Waals surface area contributed by atoms with Gasteiger partial charge in [-0.3, -0.25) is 0 Å². The van der Waals surface area contributed by atoms with Gasteiger partial charge < -0.3 is 9.26 Å². The van der Waals surface area contributed by atoms with Crippen molar-refractivity contribution in [1.29, 1.82) is 0 Å². The van der Waals surface area contributed by atoms with Gasteiger partial charge >= 0.3 is 0 Å². The molecule has 0 atom stereocenters. The summed E-state index contributed by atoms with van der Waals surface area (Å²) in [6.45, 7) is 3.79. The van der Waals surface area contributed by atoms with Crippen LogP contribution in [-0.2, 0) is 22.1 Å². The summed E-state index contributed by atoms with van der Waals surface area (Å²) in [6, 6.07) is 4.38. The van der Waals surface area contributed by atoms with E-state index in [0.717, 1.165) is 0 Å². The molecule has 0 N–H and O–H groups in total. The molecule has 0 unspecified atom stereocenters. The highest BCUT2D eigenvalue weighted by molar-refractivity contribution is 8.13.